The largest absolute Gasteiger partial charge is 0.508 e. The monoisotopic (exact) mass is 282 g/mol. The molecule has 1 N–H and O–H groups in total. The summed E-state index contributed by atoms with van der Waals surface area (Å²) in [6.45, 7) is 13.0. The maximum absolute atomic E-state index is 10.5. The lowest BCUT2D eigenvalue weighted by Gasteiger charge is -2.28. The van der Waals surface area contributed by atoms with Crippen molar-refractivity contribution in [2.75, 3.05) is 0 Å². The zero-order valence-corrected chi connectivity index (χ0v) is 14.0. The number of hydrogen-bond acceptors (Lipinski definition) is 1. The van der Waals surface area contributed by atoms with E-state index in [-0.39, 0.29) is 10.8 Å². The average molecular weight is 282 g/mol. The van der Waals surface area contributed by atoms with Gasteiger partial charge in [-0.2, -0.15) is 0 Å². The van der Waals surface area contributed by atoms with Crippen LogP contribution in [-0.2, 0) is 10.8 Å². The Morgan fingerprint density at radius 1 is 0.714 bits per heavy atom. The van der Waals surface area contributed by atoms with E-state index >= 15 is 0 Å². The average Bonchev–Trinajstić information content (AvgIpc) is 2.37. The van der Waals surface area contributed by atoms with Gasteiger partial charge in [-0.3, -0.25) is 0 Å². The molecule has 0 bridgehead atoms. The van der Waals surface area contributed by atoms with Crippen LogP contribution in [0.3, 0.4) is 0 Å². The second-order valence-electron chi connectivity index (χ2n) is 7.78. The molecule has 2 aromatic carbocycles. The van der Waals surface area contributed by atoms with Gasteiger partial charge in [-0.15, -0.1) is 0 Å². The number of benzene rings is 2. The number of hydrogen-bond donors (Lipinski definition) is 1. The predicted molar refractivity (Wildman–Crippen MR) is 90.9 cm³/mol. The molecule has 2 aromatic rings. The first kappa shape index (κ1) is 15.6. The van der Waals surface area contributed by atoms with E-state index < -0.39 is 0 Å². The first-order valence-electron chi connectivity index (χ1n) is 7.54. The molecule has 0 unspecified atom stereocenters. The smallest absolute Gasteiger partial charge is 0.119 e. The van der Waals surface area contributed by atoms with E-state index in [1.807, 2.05) is 12.1 Å². The van der Waals surface area contributed by atoms with Crippen LogP contribution in [-0.4, -0.2) is 5.11 Å². The zero-order valence-electron chi connectivity index (χ0n) is 14.0. The number of phenolic OH excluding ortho intramolecular Hbond substituents is 1. The quantitative estimate of drug-likeness (QED) is 0.716. The normalized spacial score (nSPS) is 12.5. The molecule has 0 spiro atoms. The highest BCUT2D eigenvalue weighted by Crippen LogP contribution is 2.41. The SMILES string of the molecule is CC(C)(C)c1cc(-c2ccccc2)c(C(C)(C)C)cc1O. The lowest BCUT2D eigenvalue weighted by Crippen LogP contribution is -2.16. The summed E-state index contributed by atoms with van der Waals surface area (Å²) in [7, 11) is 0. The Morgan fingerprint density at radius 2 is 1.24 bits per heavy atom. The van der Waals surface area contributed by atoms with Crippen LogP contribution >= 0.6 is 0 Å². The zero-order chi connectivity index (χ0) is 15.8. The fourth-order valence-corrected chi connectivity index (χ4v) is 2.67. The molecule has 0 aliphatic rings. The lowest BCUT2D eigenvalue weighted by molar-refractivity contribution is 0.443. The molecule has 0 saturated carbocycles. The fraction of sp³-hybridized carbons (Fsp3) is 0.400. The lowest BCUT2D eigenvalue weighted by atomic mass is 9.77. The van der Waals surface area contributed by atoms with Crippen molar-refractivity contribution in [3.63, 3.8) is 0 Å². The van der Waals surface area contributed by atoms with Gasteiger partial charge in [0, 0.05) is 0 Å². The van der Waals surface area contributed by atoms with Gasteiger partial charge in [0.1, 0.15) is 5.75 Å². The summed E-state index contributed by atoms with van der Waals surface area (Å²) in [5.41, 5.74) is 4.50. The van der Waals surface area contributed by atoms with Crippen molar-refractivity contribution < 1.29 is 5.11 Å². The third-order valence-electron chi connectivity index (χ3n) is 3.84. The minimum atomic E-state index is -0.0793. The van der Waals surface area contributed by atoms with Gasteiger partial charge < -0.3 is 5.11 Å². The van der Waals surface area contributed by atoms with E-state index in [0.717, 1.165) is 5.56 Å². The molecule has 0 amide bonds. The van der Waals surface area contributed by atoms with E-state index in [9.17, 15) is 5.11 Å². The highest BCUT2D eigenvalue weighted by atomic mass is 16.3. The van der Waals surface area contributed by atoms with Crippen molar-refractivity contribution in [1.29, 1.82) is 0 Å². The van der Waals surface area contributed by atoms with Crippen molar-refractivity contribution in [1.82, 2.24) is 0 Å². The standard InChI is InChI=1S/C20H26O/c1-19(2,3)16-13-18(21)17(20(4,5)6)12-15(16)14-10-8-7-9-11-14/h7-13,21H,1-6H3. The minimum Gasteiger partial charge on any atom is -0.508 e. The molecular weight excluding hydrogens is 256 g/mol. The highest BCUT2D eigenvalue weighted by Gasteiger charge is 2.25. The first-order valence-corrected chi connectivity index (χ1v) is 7.54. The maximum atomic E-state index is 10.5. The van der Waals surface area contributed by atoms with Crippen molar-refractivity contribution in [2.24, 2.45) is 0 Å². The van der Waals surface area contributed by atoms with Crippen LogP contribution in [0.5, 0.6) is 5.75 Å². The van der Waals surface area contributed by atoms with E-state index in [2.05, 4.69) is 71.9 Å². The van der Waals surface area contributed by atoms with Crippen molar-refractivity contribution in [3.8, 4) is 16.9 Å². The van der Waals surface area contributed by atoms with Crippen LogP contribution in [0, 0.1) is 0 Å². The first-order chi connectivity index (χ1) is 9.60. The molecule has 0 fully saturated rings. The van der Waals surface area contributed by atoms with Crippen LogP contribution in [0.1, 0.15) is 52.7 Å². The Bertz CT molecular complexity index is 625. The van der Waals surface area contributed by atoms with E-state index in [0.29, 0.717) is 5.75 Å². The molecule has 2 rings (SSSR count). The molecular formula is C20H26O. The maximum Gasteiger partial charge on any atom is 0.119 e. The number of phenols is 1. The van der Waals surface area contributed by atoms with Gasteiger partial charge in [-0.05, 0) is 45.2 Å². The van der Waals surface area contributed by atoms with Gasteiger partial charge >= 0.3 is 0 Å². The third-order valence-corrected chi connectivity index (χ3v) is 3.84. The van der Waals surface area contributed by atoms with E-state index in [1.165, 1.54) is 16.7 Å². The summed E-state index contributed by atoms with van der Waals surface area (Å²) in [5, 5.41) is 10.5. The molecule has 21 heavy (non-hydrogen) atoms. The molecule has 0 aromatic heterocycles. The van der Waals surface area contributed by atoms with Crippen LogP contribution in [0.25, 0.3) is 11.1 Å². The molecule has 1 heteroatoms. The Balaban J connectivity index is 2.76. The highest BCUT2D eigenvalue weighted by molar-refractivity contribution is 5.71. The third kappa shape index (κ3) is 3.29. The Morgan fingerprint density at radius 3 is 1.71 bits per heavy atom. The molecule has 0 aliphatic heterocycles. The second kappa shape index (κ2) is 5.22. The van der Waals surface area contributed by atoms with Gasteiger partial charge in [-0.25, -0.2) is 0 Å². The van der Waals surface area contributed by atoms with Gasteiger partial charge in [0.25, 0.3) is 0 Å². The molecule has 0 atom stereocenters. The molecule has 0 heterocycles. The number of aromatic hydroxyl groups is 1. The van der Waals surface area contributed by atoms with Gasteiger partial charge in [-0.1, -0.05) is 71.9 Å². The molecule has 0 radical (unpaired) electrons. The summed E-state index contributed by atoms with van der Waals surface area (Å²) < 4.78 is 0. The summed E-state index contributed by atoms with van der Waals surface area (Å²) in [4.78, 5) is 0. The van der Waals surface area contributed by atoms with Crippen molar-refractivity contribution >= 4 is 0 Å². The summed E-state index contributed by atoms with van der Waals surface area (Å²) in [6.07, 6.45) is 0. The van der Waals surface area contributed by atoms with E-state index in [4.69, 9.17) is 0 Å². The molecule has 112 valence electrons. The molecule has 0 aliphatic carbocycles. The Kier molecular flexibility index (Phi) is 3.88. The van der Waals surface area contributed by atoms with Crippen LogP contribution in [0.15, 0.2) is 42.5 Å². The van der Waals surface area contributed by atoms with Crippen molar-refractivity contribution in [2.45, 2.75) is 52.4 Å². The molecule has 1 nitrogen and oxygen atoms in total. The van der Waals surface area contributed by atoms with Gasteiger partial charge in [0.05, 0.1) is 0 Å². The number of rotatable bonds is 1. The fourth-order valence-electron chi connectivity index (χ4n) is 2.67. The summed E-state index contributed by atoms with van der Waals surface area (Å²) in [5.74, 6) is 0.395. The molecule has 0 saturated heterocycles. The predicted octanol–water partition coefficient (Wildman–Crippen LogP) is 5.65. The topological polar surface area (TPSA) is 20.2 Å². The van der Waals surface area contributed by atoms with Gasteiger partial charge in [0.2, 0.25) is 0 Å². The van der Waals surface area contributed by atoms with Crippen LogP contribution in [0.4, 0.5) is 0 Å². The Labute approximate surface area is 128 Å². The minimum absolute atomic E-state index is 0.0148. The van der Waals surface area contributed by atoms with Crippen molar-refractivity contribution in [3.05, 3.63) is 53.6 Å². The van der Waals surface area contributed by atoms with Gasteiger partial charge in [0.15, 0.2) is 0 Å². The second-order valence-corrected chi connectivity index (χ2v) is 7.78. The summed E-state index contributed by atoms with van der Waals surface area (Å²) in [6, 6.07) is 14.5. The van der Waals surface area contributed by atoms with Crippen LogP contribution < -0.4 is 0 Å². The summed E-state index contributed by atoms with van der Waals surface area (Å²) >= 11 is 0. The Hall–Kier alpha value is -1.76. The van der Waals surface area contributed by atoms with E-state index in [1.54, 1.807) is 0 Å². The van der Waals surface area contributed by atoms with Crippen LogP contribution in [0.2, 0.25) is 0 Å².